The third-order valence-electron chi connectivity index (χ3n) is 4.47. The molecule has 132 valence electrons. The maximum Gasteiger partial charge on any atom is 0.321 e. The highest BCUT2D eigenvalue weighted by Gasteiger charge is 2.27. The average molecular weight is 357 g/mol. The first-order valence-electron chi connectivity index (χ1n) is 8.54. The lowest BCUT2D eigenvalue weighted by atomic mass is 9.96. The number of amides is 3. The van der Waals surface area contributed by atoms with Gasteiger partial charge in [-0.25, -0.2) is 4.79 Å². The number of hydrogen-bond donors (Lipinski definition) is 2. The molecule has 5 nitrogen and oxygen atoms in total. The standard InChI is InChI=1S/C19H23N3O2S/c1-14-4-6-16(7-5-14)21-19(24)22-10-8-15(9-11-22)18(23)20-13-17-3-2-12-25-17/h2-7,12,15H,8-11,13H2,1H3,(H,20,23)(H,21,24). The molecule has 1 aliphatic heterocycles. The van der Waals surface area contributed by atoms with Crippen LogP contribution in [0.5, 0.6) is 0 Å². The number of hydrogen-bond acceptors (Lipinski definition) is 3. The van der Waals surface area contributed by atoms with Crippen molar-refractivity contribution in [1.29, 1.82) is 0 Å². The lowest BCUT2D eigenvalue weighted by Crippen LogP contribution is -2.44. The van der Waals surface area contributed by atoms with Crippen LogP contribution in [-0.2, 0) is 11.3 Å². The molecule has 25 heavy (non-hydrogen) atoms. The SMILES string of the molecule is Cc1ccc(NC(=O)N2CCC(C(=O)NCc3cccs3)CC2)cc1. The molecule has 1 aromatic heterocycles. The van der Waals surface area contributed by atoms with E-state index in [4.69, 9.17) is 0 Å². The maximum absolute atomic E-state index is 12.3. The molecular weight excluding hydrogens is 334 g/mol. The van der Waals surface area contributed by atoms with Gasteiger partial charge in [-0.2, -0.15) is 0 Å². The van der Waals surface area contributed by atoms with Crippen LogP contribution < -0.4 is 10.6 Å². The van der Waals surface area contributed by atoms with Gasteiger partial charge >= 0.3 is 6.03 Å². The largest absolute Gasteiger partial charge is 0.351 e. The molecule has 2 aromatic rings. The van der Waals surface area contributed by atoms with Gasteiger partial charge < -0.3 is 15.5 Å². The van der Waals surface area contributed by atoms with Crippen LogP contribution in [0.15, 0.2) is 41.8 Å². The number of likely N-dealkylation sites (tertiary alicyclic amines) is 1. The van der Waals surface area contributed by atoms with E-state index >= 15 is 0 Å². The van der Waals surface area contributed by atoms with Crippen molar-refractivity contribution in [1.82, 2.24) is 10.2 Å². The fourth-order valence-electron chi connectivity index (χ4n) is 2.92. The van der Waals surface area contributed by atoms with Crippen molar-refractivity contribution >= 4 is 29.0 Å². The Kier molecular flexibility index (Phi) is 5.71. The summed E-state index contributed by atoms with van der Waals surface area (Å²) in [5, 5.41) is 7.92. The first kappa shape index (κ1) is 17.5. The number of rotatable bonds is 4. The first-order chi connectivity index (χ1) is 12.1. The Morgan fingerprint density at radius 3 is 2.52 bits per heavy atom. The van der Waals surface area contributed by atoms with Crippen LogP contribution in [0, 0.1) is 12.8 Å². The van der Waals surface area contributed by atoms with E-state index in [1.165, 1.54) is 0 Å². The fourth-order valence-corrected chi connectivity index (χ4v) is 3.56. The molecule has 0 bridgehead atoms. The van der Waals surface area contributed by atoms with Gasteiger partial charge in [-0.05, 0) is 43.3 Å². The third kappa shape index (κ3) is 4.82. The van der Waals surface area contributed by atoms with Gasteiger partial charge in [0.05, 0.1) is 6.54 Å². The van der Waals surface area contributed by atoms with E-state index in [-0.39, 0.29) is 17.9 Å². The van der Waals surface area contributed by atoms with Crippen molar-refractivity contribution in [2.45, 2.75) is 26.3 Å². The minimum Gasteiger partial charge on any atom is -0.351 e. The number of anilines is 1. The van der Waals surface area contributed by atoms with E-state index < -0.39 is 0 Å². The Morgan fingerprint density at radius 1 is 1.16 bits per heavy atom. The molecule has 0 saturated carbocycles. The molecule has 3 amide bonds. The molecule has 1 saturated heterocycles. The maximum atomic E-state index is 12.3. The molecule has 1 aromatic carbocycles. The molecule has 1 fully saturated rings. The summed E-state index contributed by atoms with van der Waals surface area (Å²) in [6, 6.07) is 11.6. The Labute approximate surface area is 152 Å². The summed E-state index contributed by atoms with van der Waals surface area (Å²) in [6.07, 6.45) is 1.41. The molecule has 2 heterocycles. The zero-order valence-corrected chi connectivity index (χ0v) is 15.1. The number of nitrogens with one attached hydrogen (secondary N) is 2. The monoisotopic (exact) mass is 357 g/mol. The molecule has 0 unspecified atom stereocenters. The second-order valence-electron chi connectivity index (χ2n) is 6.35. The van der Waals surface area contributed by atoms with Crippen molar-refractivity contribution in [3.05, 3.63) is 52.2 Å². The number of nitrogens with zero attached hydrogens (tertiary/aromatic N) is 1. The molecule has 3 rings (SSSR count). The summed E-state index contributed by atoms with van der Waals surface area (Å²) in [6.45, 7) is 3.81. The molecular formula is C19H23N3O2S. The molecule has 0 aliphatic carbocycles. The van der Waals surface area contributed by atoms with Crippen LogP contribution in [0.2, 0.25) is 0 Å². The second kappa shape index (κ2) is 8.16. The lowest BCUT2D eigenvalue weighted by molar-refractivity contribution is -0.126. The van der Waals surface area contributed by atoms with Crippen molar-refractivity contribution in [2.75, 3.05) is 18.4 Å². The second-order valence-corrected chi connectivity index (χ2v) is 7.39. The Balaban J connectivity index is 1.43. The summed E-state index contributed by atoms with van der Waals surface area (Å²) >= 11 is 1.64. The van der Waals surface area contributed by atoms with E-state index in [9.17, 15) is 9.59 Å². The molecule has 0 atom stereocenters. The van der Waals surface area contributed by atoms with Crippen molar-refractivity contribution < 1.29 is 9.59 Å². The predicted molar refractivity (Wildman–Crippen MR) is 101 cm³/mol. The number of piperidine rings is 1. The van der Waals surface area contributed by atoms with Crippen LogP contribution in [0.1, 0.15) is 23.3 Å². The molecule has 6 heteroatoms. The molecule has 0 radical (unpaired) electrons. The normalized spacial score (nSPS) is 15.0. The number of benzene rings is 1. The summed E-state index contributed by atoms with van der Waals surface area (Å²) in [5.41, 5.74) is 1.96. The van der Waals surface area contributed by atoms with Crippen LogP contribution in [0.3, 0.4) is 0 Å². The third-order valence-corrected chi connectivity index (χ3v) is 5.35. The van der Waals surface area contributed by atoms with Gasteiger partial charge in [0.2, 0.25) is 5.91 Å². The van der Waals surface area contributed by atoms with Gasteiger partial charge in [-0.15, -0.1) is 11.3 Å². The van der Waals surface area contributed by atoms with E-state index in [2.05, 4.69) is 10.6 Å². The van der Waals surface area contributed by atoms with Crippen molar-refractivity contribution in [3.63, 3.8) is 0 Å². The Hall–Kier alpha value is -2.34. The van der Waals surface area contributed by atoms with Crippen molar-refractivity contribution in [2.24, 2.45) is 5.92 Å². The van der Waals surface area contributed by atoms with Gasteiger partial charge in [0.25, 0.3) is 0 Å². The van der Waals surface area contributed by atoms with Crippen molar-refractivity contribution in [3.8, 4) is 0 Å². The summed E-state index contributed by atoms with van der Waals surface area (Å²) in [7, 11) is 0. The highest BCUT2D eigenvalue weighted by atomic mass is 32.1. The molecule has 2 N–H and O–H groups in total. The molecule has 0 spiro atoms. The van der Waals surface area contributed by atoms with Gasteiger partial charge in [0.15, 0.2) is 0 Å². The van der Waals surface area contributed by atoms with E-state index in [1.807, 2.05) is 48.7 Å². The minimum absolute atomic E-state index is 0.0108. The topological polar surface area (TPSA) is 61.4 Å². The van der Waals surface area contributed by atoms with Gasteiger partial charge in [-0.1, -0.05) is 23.8 Å². The van der Waals surface area contributed by atoms with E-state index in [0.717, 1.165) is 16.1 Å². The van der Waals surface area contributed by atoms with E-state index in [0.29, 0.717) is 32.5 Å². The number of carbonyl (C=O) groups excluding carboxylic acids is 2. The number of aryl methyl sites for hydroxylation is 1. The summed E-state index contributed by atoms with van der Waals surface area (Å²) < 4.78 is 0. The number of urea groups is 1. The summed E-state index contributed by atoms with van der Waals surface area (Å²) in [5.74, 6) is 0.0791. The average Bonchev–Trinajstić information content (AvgIpc) is 3.15. The van der Waals surface area contributed by atoms with Gasteiger partial charge in [0.1, 0.15) is 0 Å². The van der Waals surface area contributed by atoms with Crippen LogP contribution in [0.4, 0.5) is 10.5 Å². The van der Waals surface area contributed by atoms with Crippen LogP contribution >= 0.6 is 11.3 Å². The Bertz CT molecular complexity index is 705. The van der Waals surface area contributed by atoms with Crippen LogP contribution in [0.25, 0.3) is 0 Å². The lowest BCUT2D eigenvalue weighted by Gasteiger charge is -2.31. The Morgan fingerprint density at radius 2 is 1.88 bits per heavy atom. The van der Waals surface area contributed by atoms with E-state index in [1.54, 1.807) is 16.2 Å². The number of thiophene rings is 1. The zero-order valence-electron chi connectivity index (χ0n) is 14.3. The van der Waals surface area contributed by atoms with Gasteiger partial charge in [0, 0.05) is 29.6 Å². The van der Waals surface area contributed by atoms with Crippen LogP contribution in [-0.4, -0.2) is 29.9 Å². The quantitative estimate of drug-likeness (QED) is 0.878. The smallest absolute Gasteiger partial charge is 0.321 e. The highest BCUT2D eigenvalue weighted by molar-refractivity contribution is 7.09. The highest BCUT2D eigenvalue weighted by Crippen LogP contribution is 2.19. The predicted octanol–water partition coefficient (Wildman–Crippen LogP) is 3.62. The first-order valence-corrected chi connectivity index (χ1v) is 9.42. The minimum atomic E-state index is -0.0960. The summed E-state index contributed by atoms with van der Waals surface area (Å²) in [4.78, 5) is 27.5. The zero-order chi connectivity index (χ0) is 17.6. The molecule has 1 aliphatic rings. The fraction of sp³-hybridized carbons (Fsp3) is 0.368. The number of carbonyl (C=O) groups is 2. The van der Waals surface area contributed by atoms with Gasteiger partial charge in [-0.3, -0.25) is 4.79 Å².